The topological polar surface area (TPSA) is 87.7 Å². The zero-order valence-electron chi connectivity index (χ0n) is 10.0. The van der Waals surface area contributed by atoms with E-state index in [-0.39, 0.29) is 11.7 Å². The van der Waals surface area contributed by atoms with Crippen molar-refractivity contribution in [2.75, 3.05) is 5.32 Å². The van der Waals surface area contributed by atoms with Crippen LogP contribution in [-0.2, 0) is 11.2 Å². The Balaban J connectivity index is 2.05. The number of nitrogens with two attached hydrogens (primary N) is 1. The third-order valence-electron chi connectivity index (χ3n) is 2.46. The van der Waals surface area contributed by atoms with E-state index in [2.05, 4.69) is 10.5 Å². The molecule has 98 valence electrons. The minimum Gasteiger partial charge on any atom is -0.409 e. The molecule has 0 aliphatic heterocycles. The number of oxime groups is 1. The number of hydrogen-bond acceptors (Lipinski definition) is 4. The van der Waals surface area contributed by atoms with Crippen LogP contribution in [0.2, 0.25) is 0 Å². The van der Waals surface area contributed by atoms with Crippen molar-refractivity contribution < 1.29 is 10.0 Å². The highest BCUT2D eigenvalue weighted by Gasteiger charge is 2.06. The predicted molar refractivity (Wildman–Crippen MR) is 75.6 cm³/mol. The van der Waals surface area contributed by atoms with Crippen LogP contribution in [0.4, 0.5) is 5.69 Å². The maximum absolute atomic E-state index is 11.8. The van der Waals surface area contributed by atoms with Crippen LogP contribution in [0.15, 0.2) is 46.9 Å². The smallest absolute Gasteiger partial charge is 0.229 e. The summed E-state index contributed by atoms with van der Waals surface area (Å²) in [5.41, 5.74) is 6.66. The molecule has 0 aliphatic carbocycles. The fraction of sp³-hybridized carbons (Fsp3) is 0.0769. The summed E-state index contributed by atoms with van der Waals surface area (Å²) in [6, 6.07) is 10.7. The second-order valence-corrected chi connectivity index (χ2v) is 4.90. The number of amides is 1. The molecular weight excluding hydrogens is 262 g/mol. The average molecular weight is 275 g/mol. The van der Waals surface area contributed by atoms with Gasteiger partial charge >= 0.3 is 0 Å². The number of amidine groups is 1. The fourth-order valence-electron chi connectivity index (χ4n) is 1.59. The monoisotopic (exact) mass is 275 g/mol. The molecule has 1 aromatic heterocycles. The molecule has 1 amide bonds. The van der Waals surface area contributed by atoms with Crippen LogP contribution in [-0.4, -0.2) is 17.0 Å². The van der Waals surface area contributed by atoms with Crippen molar-refractivity contribution in [1.82, 2.24) is 0 Å². The van der Waals surface area contributed by atoms with Gasteiger partial charge in [0.2, 0.25) is 5.91 Å². The van der Waals surface area contributed by atoms with Crippen LogP contribution in [0.3, 0.4) is 0 Å². The number of thiophene rings is 1. The molecule has 0 aliphatic rings. The van der Waals surface area contributed by atoms with E-state index in [0.717, 1.165) is 4.88 Å². The SMILES string of the molecule is N/C(=N/O)c1cccc(NC(=O)Cc2cccs2)c1. The standard InChI is InChI=1S/C13H13N3O2S/c14-13(16-18)9-3-1-4-10(7-9)15-12(17)8-11-5-2-6-19-11/h1-7,18H,8H2,(H2,14,16)(H,15,17). The van der Waals surface area contributed by atoms with Crippen molar-refractivity contribution in [3.05, 3.63) is 52.2 Å². The Bertz CT molecular complexity index is 594. The molecule has 4 N–H and O–H groups in total. The summed E-state index contributed by atoms with van der Waals surface area (Å²) in [6.45, 7) is 0. The number of carbonyl (C=O) groups is 1. The molecule has 6 heteroatoms. The first kappa shape index (κ1) is 13.1. The van der Waals surface area contributed by atoms with E-state index < -0.39 is 0 Å². The molecule has 19 heavy (non-hydrogen) atoms. The van der Waals surface area contributed by atoms with Gasteiger partial charge in [0, 0.05) is 16.1 Å². The van der Waals surface area contributed by atoms with Gasteiger partial charge in [-0.3, -0.25) is 4.79 Å². The van der Waals surface area contributed by atoms with Gasteiger partial charge < -0.3 is 16.3 Å². The quantitative estimate of drug-likeness (QED) is 0.345. The van der Waals surface area contributed by atoms with Gasteiger partial charge in [-0.1, -0.05) is 23.4 Å². The van der Waals surface area contributed by atoms with Crippen molar-refractivity contribution in [3.63, 3.8) is 0 Å². The minimum atomic E-state index is -0.0980. The van der Waals surface area contributed by atoms with Crippen molar-refractivity contribution in [3.8, 4) is 0 Å². The first-order chi connectivity index (χ1) is 9.19. The predicted octanol–water partition coefficient (Wildman–Crippen LogP) is 2.02. The molecule has 0 bridgehead atoms. The Kier molecular flexibility index (Phi) is 4.15. The number of benzene rings is 1. The maximum atomic E-state index is 11.8. The summed E-state index contributed by atoms with van der Waals surface area (Å²) >= 11 is 1.54. The van der Waals surface area contributed by atoms with E-state index in [9.17, 15) is 4.79 Å². The second-order valence-electron chi connectivity index (χ2n) is 3.87. The third-order valence-corrected chi connectivity index (χ3v) is 3.34. The Morgan fingerprint density at radius 1 is 1.37 bits per heavy atom. The number of anilines is 1. The van der Waals surface area contributed by atoms with E-state index in [4.69, 9.17) is 10.9 Å². The molecule has 0 unspecified atom stereocenters. The molecule has 0 radical (unpaired) electrons. The maximum Gasteiger partial charge on any atom is 0.229 e. The number of hydrogen-bond donors (Lipinski definition) is 3. The summed E-state index contributed by atoms with van der Waals surface area (Å²) < 4.78 is 0. The lowest BCUT2D eigenvalue weighted by molar-refractivity contribution is -0.115. The molecule has 1 aromatic carbocycles. The second kappa shape index (κ2) is 6.01. The molecule has 0 spiro atoms. The number of nitrogens with zero attached hydrogens (tertiary/aromatic N) is 1. The molecule has 5 nitrogen and oxygen atoms in total. The van der Waals surface area contributed by atoms with E-state index in [1.165, 1.54) is 0 Å². The highest BCUT2D eigenvalue weighted by molar-refractivity contribution is 7.10. The minimum absolute atomic E-state index is 0.00866. The normalized spacial score (nSPS) is 11.3. The highest BCUT2D eigenvalue weighted by atomic mass is 32.1. The van der Waals surface area contributed by atoms with Gasteiger partial charge in [0.1, 0.15) is 0 Å². The first-order valence-electron chi connectivity index (χ1n) is 5.59. The zero-order valence-corrected chi connectivity index (χ0v) is 10.9. The summed E-state index contributed by atoms with van der Waals surface area (Å²) in [6.07, 6.45) is 0.339. The molecule has 0 saturated heterocycles. The highest BCUT2D eigenvalue weighted by Crippen LogP contribution is 2.13. The van der Waals surface area contributed by atoms with E-state index in [1.807, 2.05) is 17.5 Å². The van der Waals surface area contributed by atoms with Gasteiger partial charge in [-0.05, 0) is 23.6 Å². The number of carbonyl (C=O) groups excluding carboxylic acids is 1. The number of nitrogens with one attached hydrogen (secondary N) is 1. The van der Waals surface area contributed by atoms with Crippen molar-refractivity contribution in [2.45, 2.75) is 6.42 Å². The van der Waals surface area contributed by atoms with Gasteiger partial charge in [0.15, 0.2) is 5.84 Å². The fourth-order valence-corrected chi connectivity index (χ4v) is 2.29. The number of rotatable bonds is 4. The molecule has 2 rings (SSSR count). The molecule has 0 fully saturated rings. The molecular formula is C13H13N3O2S. The average Bonchev–Trinajstić information content (AvgIpc) is 2.90. The van der Waals surface area contributed by atoms with Crippen LogP contribution >= 0.6 is 11.3 Å². The summed E-state index contributed by atoms with van der Waals surface area (Å²) in [4.78, 5) is 12.8. The molecule has 1 heterocycles. The van der Waals surface area contributed by atoms with Gasteiger partial charge in [-0.15, -0.1) is 11.3 Å². The Morgan fingerprint density at radius 3 is 2.89 bits per heavy atom. The van der Waals surface area contributed by atoms with Crippen molar-refractivity contribution in [2.24, 2.45) is 10.9 Å². The molecule has 0 saturated carbocycles. The van der Waals surface area contributed by atoms with Crippen LogP contribution in [0.1, 0.15) is 10.4 Å². The summed E-state index contributed by atoms with van der Waals surface area (Å²) in [5.74, 6) is -0.0894. The molecule has 2 aromatic rings. The lowest BCUT2D eigenvalue weighted by Crippen LogP contribution is -2.16. The Hall–Kier alpha value is -2.34. The van der Waals surface area contributed by atoms with Gasteiger partial charge in [0.05, 0.1) is 6.42 Å². The van der Waals surface area contributed by atoms with Gasteiger partial charge in [-0.2, -0.15) is 0 Å². The van der Waals surface area contributed by atoms with Crippen LogP contribution < -0.4 is 11.1 Å². The molecule has 0 atom stereocenters. The van der Waals surface area contributed by atoms with Crippen LogP contribution in [0.5, 0.6) is 0 Å². The largest absolute Gasteiger partial charge is 0.409 e. The third kappa shape index (κ3) is 3.56. The lowest BCUT2D eigenvalue weighted by atomic mass is 10.2. The van der Waals surface area contributed by atoms with Crippen LogP contribution in [0.25, 0.3) is 0 Å². The van der Waals surface area contributed by atoms with Gasteiger partial charge in [0.25, 0.3) is 0 Å². The lowest BCUT2D eigenvalue weighted by Gasteiger charge is -2.06. The first-order valence-corrected chi connectivity index (χ1v) is 6.47. The zero-order chi connectivity index (χ0) is 13.7. The van der Waals surface area contributed by atoms with Crippen molar-refractivity contribution in [1.29, 1.82) is 0 Å². The van der Waals surface area contributed by atoms with Gasteiger partial charge in [-0.25, -0.2) is 0 Å². The van der Waals surface area contributed by atoms with E-state index in [0.29, 0.717) is 17.7 Å². The van der Waals surface area contributed by atoms with E-state index in [1.54, 1.807) is 35.6 Å². The summed E-state index contributed by atoms with van der Waals surface area (Å²) in [7, 11) is 0. The Labute approximate surface area is 114 Å². The summed E-state index contributed by atoms with van der Waals surface area (Å²) in [5, 5.41) is 16.2. The van der Waals surface area contributed by atoms with Crippen molar-refractivity contribution >= 4 is 28.8 Å². The Morgan fingerprint density at radius 2 is 2.21 bits per heavy atom. The van der Waals surface area contributed by atoms with E-state index >= 15 is 0 Å². The van der Waals surface area contributed by atoms with Crippen LogP contribution in [0, 0.1) is 0 Å².